The summed E-state index contributed by atoms with van der Waals surface area (Å²) in [6, 6.07) is 9.73. The van der Waals surface area contributed by atoms with Gasteiger partial charge in [-0.05, 0) is 38.1 Å². The number of carbonyl (C=O) groups is 1. The zero-order valence-electron chi connectivity index (χ0n) is 13.8. The van der Waals surface area contributed by atoms with Gasteiger partial charge in [-0.15, -0.1) is 0 Å². The van der Waals surface area contributed by atoms with Crippen LogP contribution in [0, 0.1) is 17.0 Å². The number of nitrogens with zero attached hydrogens (tertiary/aromatic N) is 2. The van der Waals surface area contributed by atoms with Crippen LogP contribution >= 0.6 is 23.2 Å². The topological polar surface area (TPSA) is 75.5 Å². The van der Waals surface area contributed by atoms with Crippen molar-refractivity contribution in [3.63, 3.8) is 0 Å². The zero-order valence-corrected chi connectivity index (χ0v) is 15.3. The lowest BCUT2D eigenvalue weighted by Crippen LogP contribution is -2.33. The minimum atomic E-state index is -0.429. The van der Waals surface area contributed by atoms with Gasteiger partial charge in [0.2, 0.25) is 5.91 Å². The van der Waals surface area contributed by atoms with E-state index < -0.39 is 4.92 Å². The van der Waals surface area contributed by atoms with E-state index in [2.05, 4.69) is 5.32 Å². The number of carbonyl (C=O) groups excluding carboxylic acids is 1. The summed E-state index contributed by atoms with van der Waals surface area (Å²) >= 11 is 12.1. The highest BCUT2D eigenvalue weighted by Crippen LogP contribution is 2.30. The molecule has 25 heavy (non-hydrogen) atoms. The Bertz CT molecular complexity index is 791. The van der Waals surface area contributed by atoms with Gasteiger partial charge in [-0.25, -0.2) is 0 Å². The Balaban J connectivity index is 2.15. The third kappa shape index (κ3) is 4.61. The normalized spacial score (nSPS) is 10.4. The number of halogens is 2. The molecule has 0 aliphatic rings. The molecule has 0 aliphatic carbocycles. The molecule has 0 radical (unpaired) electrons. The summed E-state index contributed by atoms with van der Waals surface area (Å²) < 4.78 is 0. The van der Waals surface area contributed by atoms with Crippen molar-refractivity contribution < 1.29 is 9.72 Å². The van der Waals surface area contributed by atoms with Crippen LogP contribution < -0.4 is 10.2 Å². The number of nitrogens with one attached hydrogen (secondary N) is 1. The molecule has 2 aromatic rings. The first-order chi connectivity index (χ1) is 11.8. The number of hydrogen-bond acceptors (Lipinski definition) is 4. The fourth-order valence-electron chi connectivity index (χ4n) is 2.40. The SMILES string of the molecule is CCN(CC(=O)Nc1c(Cl)cccc1Cl)c1ccc([N+](=O)[O-])c(C)c1. The molecule has 1 amide bonds. The van der Waals surface area contributed by atoms with Crippen LogP contribution in [0.2, 0.25) is 10.0 Å². The van der Waals surface area contributed by atoms with Crippen LogP contribution in [0.5, 0.6) is 0 Å². The van der Waals surface area contributed by atoms with Gasteiger partial charge in [0.1, 0.15) is 0 Å². The molecule has 0 fully saturated rings. The average molecular weight is 382 g/mol. The summed E-state index contributed by atoms with van der Waals surface area (Å²) in [5.74, 6) is -0.284. The number of hydrogen-bond donors (Lipinski definition) is 1. The number of para-hydroxylation sites is 1. The lowest BCUT2D eigenvalue weighted by atomic mass is 10.1. The minimum Gasteiger partial charge on any atom is -0.362 e. The molecule has 8 heteroatoms. The summed E-state index contributed by atoms with van der Waals surface area (Å²) in [4.78, 5) is 24.6. The zero-order chi connectivity index (χ0) is 18.6. The van der Waals surface area contributed by atoms with Gasteiger partial charge in [0, 0.05) is 23.9 Å². The van der Waals surface area contributed by atoms with Crippen LogP contribution in [-0.4, -0.2) is 23.9 Å². The van der Waals surface area contributed by atoms with Gasteiger partial charge in [0.25, 0.3) is 5.69 Å². The molecule has 1 N–H and O–H groups in total. The van der Waals surface area contributed by atoms with Crippen molar-refractivity contribution >= 4 is 46.2 Å². The van der Waals surface area contributed by atoms with E-state index in [4.69, 9.17) is 23.2 Å². The summed E-state index contributed by atoms with van der Waals surface area (Å²) in [6.45, 7) is 4.18. The maximum absolute atomic E-state index is 12.3. The number of nitro benzene ring substituents is 1. The number of rotatable bonds is 6. The molecule has 0 spiro atoms. The molecule has 0 aromatic heterocycles. The molecule has 132 valence electrons. The second-order valence-electron chi connectivity index (χ2n) is 5.39. The van der Waals surface area contributed by atoms with E-state index in [0.717, 1.165) is 5.69 Å². The monoisotopic (exact) mass is 381 g/mol. The molecular formula is C17H17Cl2N3O3. The molecule has 0 heterocycles. The number of benzene rings is 2. The average Bonchev–Trinajstić information content (AvgIpc) is 2.55. The maximum atomic E-state index is 12.3. The molecule has 2 rings (SSSR count). The van der Waals surface area contributed by atoms with Gasteiger partial charge in [-0.2, -0.15) is 0 Å². The van der Waals surface area contributed by atoms with Gasteiger partial charge in [-0.3, -0.25) is 14.9 Å². The predicted molar refractivity (Wildman–Crippen MR) is 101 cm³/mol. The van der Waals surface area contributed by atoms with E-state index in [9.17, 15) is 14.9 Å². The van der Waals surface area contributed by atoms with Crippen LogP contribution in [0.15, 0.2) is 36.4 Å². The fourth-order valence-corrected chi connectivity index (χ4v) is 2.89. The first-order valence-electron chi connectivity index (χ1n) is 7.57. The van der Waals surface area contributed by atoms with Crippen molar-refractivity contribution in [2.45, 2.75) is 13.8 Å². The number of anilines is 2. The van der Waals surface area contributed by atoms with Gasteiger partial charge in [0.15, 0.2) is 0 Å². The van der Waals surface area contributed by atoms with E-state index in [-0.39, 0.29) is 18.1 Å². The molecule has 0 bridgehead atoms. The number of nitro groups is 1. The van der Waals surface area contributed by atoms with Crippen LogP contribution in [-0.2, 0) is 4.79 Å². The van der Waals surface area contributed by atoms with Gasteiger partial charge in [-0.1, -0.05) is 29.3 Å². The van der Waals surface area contributed by atoms with Gasteiger partial charge < -0.3 is 10.2 Å². The first-order valence-corrected chi connectivity index (χ1v) is 8.33. The van der Waals surface area contributed by atoms with E-state index in [1.54, 1.807) is 42.2 Å². The van der Waals surface area contributed by atoms with Crippen LogP contribution in [0.4, 0.5) is 17.1 Å². The number of aryl methyl sites for hydroxylation is 1. The lowest BCUT2D eigenvalue weighted by molar-refractivity contribution is -0.385. The third-order valence-corrected chi connectivity index (χ3v) is 4.32. The Labute approximate surface area is 155 Å². The van der Waals surface area contributed by atoms with E-state index in [1.165, 1.54) is 6.07 Å². The highest BCUT2D eigenvalue weighted by atomic mass is 35.5. The Morgan fingerprint density at radius 1 is 1.24 bits per heavy atom. The van der Waals surface area contributed by atoms with E-state index >= 15 is 0 Å². The van der Waals surface area contributed by atoms with E-state index in [0.29, 0.717) is 27.8 Å². The Kier molecular flexibility index (Phi) is 6.22. The van der Waals surface area contributed by atoms with Crippen molar-refractivity contribution in [1.29, 1.82) is 0 Å². The van der Waals surface area contributed by atoms with Crippen molar-refractivity contribution in [2.75, 3.05) is 23.3 Å². The minimum absolute atomic E-state index is 0.0482. The maximum Gasteiger partial charge on any atom is 0.272 e. The van der Waals surface area contributed by atoms with Crippen LogP contribution in [0.1, 0.15) is 12.5 Å². The summed E-state index contributed by atoms with van der Waals surface area (Å²) in [5.41, 5.74) is 1.68. The molecular weight excluding hydrogens is 365 g/mol. The molecule has 0 saturated heterocycles. The fraction of sp³-hybridized carbons (Fsp3) is 0.235. The highest BCUT2D eigenvalue weighted by molar-refractivity contribution is 6.39. The largest absolute Gasteiger partial charge is 0.362 e. The second kappa shape index (κ2) is 8.18. The Morgan fingerprint density at radius 2 is 1.88 bits per heavy atom. The summed E-state index contributed by atoms with van der Waals surface area (Å²) in [5, 5.41) is 14.3. The predicted octanol–water partition coefficient (Wildman–Crippen LogP) is 4.68. The van der Waals surface area contributed by atoms with Crippen molar-refractivity contribution in [3.8, 4) is 0 Å². The van der Waals surface area contributed by atoms with Crippen molar-refractivity contribution in [3.05, 3.63) is 62.1 Å². The quantitative estimate of drug-likeness (QED) is 0.582. The molecule has 0 aliphatic heterocycles. The van der Waals surface area contributed by atoms with Crippen molar-refractivity contribution in [2.24, 2.45) is 0 Å². The second-order valence-corrected chi connectivity index (χ2v) is 6.20. The van der Waals surface area contributed by atoms with Crippen LogP contribution in [0.25, 0.3) is 0 Å². The first kappa shape index (κ1) is 19.0. The summed E-state index contributed by atoms with van der Waals surface area (Å²) in [7, 11) is 0. The third-order valence-electron chi connectivity index (χ3n) is 3.69. The standard InChI is InChI=1S/C17H17Cl2N3O3/c1-3-21(12-7-8-15(22(24)25)11(2)9-12)10-16(23)20-17-13(18)5-4-6-14(17)19/h4-9H,3,10H2,1-2H3,(H,20,23). The molecule has 0 saturated carbocycles. The summed E-state index contributed by atoms with van der Waals surface area (Å²) in [6.07, 6.45) is 0. The van der Waals surface area contributed by atoms with Gasteiger partial charge in [0.05, 0.1) is 27.2 Å². The Morgan fingerprint density at radius 3 is 2.40 bits per heavy atom. The molecule has 6 nitrogen and oxygen atoms in total. The molecule has 0 unspecified atom stereocenters. The van der Waals surface area contributed by atoms with Crippen LogP contribution in [0.3, 0.4) is 0 Å². The molecule has 2 aromatic carbocycles. The smallest absolute Gasteiger partial charge is 0.272 e. The number of amides is 1. The Hall–Kier alpha value is -2.31. The lowest BCUT2D eigenvalue weighted by Gasteiger charge is -2.23. The van der Waals surface area contributed by atoms with Gasteiger partial charge >= 0.3 is 0 Å². The van der Waals surface area contributed by atoms with Crippen molar-refractivity contribution in [1.82, 2.24) is 0 Å². The highest BCUT2D eigenvalue weighted by Gasteiger charge is 2.16. The van der Waals surface area contributed by atoms with E-state index in [1.807, 2.05) is 6.92 Å². The molecule has 0 atom stereocenters. The number of likely N-dealkylation sites (N-methyl/N-ethyl adjacent to an activating group) is 1.